The highest BCUT2D eigenvalue weighted by molar-refractivity contribution is 5.81. The lowest BCUT2D eigenvalue weighted by Crippen LogP contribution is -2.48. The van der Waals surface area contributed by atoms with Crippen LogP contribution in [0.3, 0.4) is 0 Å². The molecule has 0 aliphatic heterocycles. The maximum Gasteiger partial charge on any atom is 0.237 e. The van der Waals surface area contributed by atoms with E-state index in [4.69, 9.17) is 5.11 Å². The number of carbonyl (C=O) groups is 1. The largest absolute Gasteiger partial charge is 0.395 e. The van der Waals surface area contributed by atoms with Crippen LogP contribution in [0, 0.1) is 0 Å². The molecule has 0 radical (unpaired) electrons. The van der Waals surface area contributed by atoms with Crippen molar-refractivity contribution in [3.8, 4) is 0 Å². The Balaban J connectivity index is 4.20. The minimum absolute atomic E-state index is 0.0342. The van der Waals surface area contributed by atoms with Gasteiger partial charge in [0.2, 0.25) is 5.91 Å². The fraction of sp³-hybridized carbons (Fsp3) is 0.909. The van der Waals surface area contributed by atoms with Crippen LogP contribution in [0.25, 0.3) is 0 Å². The van der Waals surface area contributed by atoms with E-state index >= 15 is 0 Å². The number of aliphatic hydroxyl groups is 1. The van der Waals surface area contributed by atoms with Crippen molar-refractivity contribution in [1.29, 1.82) is 0 Å². The molecule has 0 aromatic rings. The van der Waals surface area contributed by atoms with E-state index in [2.05, 4.69) is 12.2 Å². The number of nitrogens with zero attached hydrogens (tertiary/aromatic N) is 1. The smallest absolute Gasteiger partial charge is 0.237 e. The van der Waals surface area contributed by atoms with Crippen LogP contribution >= 0.6 is 0 Å². The van der Waals surface area contributed by atoms with Crippen molar-refractivity contribution >= 4 is 5.91 Å². The second-order valence-corrected chi connectivity index (χ2v) is 4.10. The molecule has 0 aromatic heterocycles. The second kappa shape index (κ2) is 7.65. The third kappa shape index (κ3) is 5.74. The Kier molecular flexibility index (Phi) is 7.34. The highest BCUT2D eigenvalue weighted by Gasteiger charge is 2.20. The lowest BCUT2D eigenvalue weighted by molar-refractivity contribution is -0.126. The highest BCUT2D eigenvalue weighted by atomic mass is 16.3. The summed E-state index contributed by atoms with van der Waals surface area (Å²) in [4.78, 5) is 13.7. The van der Waals surface area contributed by atoms with Gasteiger partial charge in [0.1, 0.15) is 0 Å². The number of hydrogen-bond donors (Lipinski definition) is 2. The summed E-state index contributed by atoms with van der Waals surface area (Å²) in [5.74, 6) is 0.0342. The van der Waals surface area contributed by atoms with Gasteiger partial charge >= 0.3 is 0 Å². The summed E-state index contributed by atoms with van der Waals surface area (Å²) in [5, 5.41) is 11.8. The minimum atomic E-state index is -0.167. The fourth-order valence-electron chi connectivity index (χ4n) is 1.49. The van der Waals surface area contributed by atoms with Gasteiger partial charge in [-0.1, -0.05) is 6.92 Å². The van der Waals surface area contributed by atoms with Crippen molar-refractivity contribution in [2.45, 2.75) is 46.2 Å². The molecule has 1 unspecified atom stereocenters. The van der Waals surface area contributed by atoms with Gasteiger partial charge < -0.3 is 10.4 Å². The molecule has 0 spiro atoms. The van der Waals surface area contributed by atoms with Crippen LogP contribution in [0.4, 0.5) is 0 Å². The van der Waals surface area contributed by atoms with Gasteiger partial charge in [0.25, 0.3) is 0 Å². The molecule has 0 saturated carbocycles. The molecule has 4 heteroatoms. The third-order valence-corrected chi connectivity index (χ3v) is 2.26. The van der Waals surface area contributed by atoms with Gasteiger partial charge in [-0.2, -0.15) is 0 Å². The molecule has 0 bridgehead atoms. The highest BCUT2D eigenvalue weighted by Crippen LogP contribution is 2.01. The Morgan fingerprint density at radius 3 is 2.33 bits per heavy atom. The lowest BCUT2D eigenvalue weighted by atomic mass is 10.2. The van der Waals surface area contributed by atoms with E-state index < -0.39 is 0 Å². The molecule has 2 N–H and O–H groups in total. The molecule has 90 valence electrons. The summed E-state index contributed by atoms with van der Waals surface area (Å²) in [6.45, 7) is 9.33. The maximum atomic E-state index is 11.7. The average molecular weight is 216 g/mol. The zero-order chi connectivity index (χ0) is 11.8. The Morgan fingerprint density at radius 2 is 1.93 bits per heavy atom. The van der Waals surface area contributed by atoms with E-state index in [1.54, 1.807) is 0 Å². The zero-order valence-corrected chi connectivity index (χ0v) is 10.3. The van der Waals surface area contributed by atoms with Gasteiger partial charge in [0.05, 0.1) is 12.6 Å². The Labute approximate surface area is 92.7 Å². The van der Waals surface area contributed by atoms with E-state index in [1.165, 1.54) is 0 Å². The van der Waals surface area contributed by atoms with E-state index in [0.717, 1.165) is 13.0 Å². The molecular formula is C11H24N2O2. The summed E-state index contributed by atoms with van der Waals surface area (Å²) in [7, 11) is 0. The molecule has 0 aromatic carbocycles. The van der Waals surface area contributed by atoms with Gasteiger partial charge in [-0.3, -0.25) is 9.69 Å². The second-order valence-electron chi connectivity index (χ2n) is 4.10. The number of nitrogens with one attached hydrogen (secondary N) is 1. The summed E-state index contributed by atoms with van der Waals surface area (Å²) >= 11 is 0. The van der Waals surface area contributed by atoms with Crippen LogP contribution in [-0.4, -0.2) is 47.7 Å². The fourth-order valence-corrected chi connectivity index (χ4v) is 1.49. The molecular weight excluding hydrogens is 192 g/mol. The molecule has 0 fully saturated rings. The Bertz CT molecular complexity index is 177. The van der Waals surface area contributed by atoms with Gasteiger partial charge in [0.15, 0.2) is 0 Å². The monoisotopic (exact) mass is 216 g/mol. The number of amides is 1. The molecule has 4 nitrogen and oxygen atoms in total. The Morgan fingerprint density at radius 1 is 1.33 bits per heavy atom. The summed E-state index contributed by atoms with van der Waals surface area (Å²) in [5.41, 5.74) is 0. The van der Waals surface area contributed by atoms with E-state index in [-0.39, 0.29) is 24.6 Å². The molecule has 0 aliphatic carbocycles. The van der Waals surface area contributed by atoms with Crippen LogP contribution in [0.15, 0.2) is 0 Å². The average Bonchev–Trinajstić information content (AvgIpc) is 2.15. The summed E-state index contributed by atoms with van der Waals surface area (Å²) < 4.78 is 0. The van der Waals surface area contributed by atoms with Crippen LogP contribution in [0.2, 0.25) is 0 Å². The Hall–Kier alpha value is -0.610. The van der Waals surface area contributed by atoms with Crippen molar-refractivity contribution in [1.82, 2.24) is 10.2 Å². The van der Waals surface area contributed by atoms with Gasteiger partial charge in [-0.25, -0.2) is 0 Å². The van der Waals surface area contributed by atoms with Crippen molar-refractivity contribution in [2.75, 3.05) is 19.7 Å². The van der Waals surface area contributed by atoms with Gasteiger partial charge in [-0.05, 0) is 33.7 Å². The maximum absolute atomic E-state index is 11.7. The number of hydrogen-bond acceptors (Lipinski definition) is 3. The first-order chi connectivity index (χ1) is 7.02. The molecule has 0 aliphatic rings. The van der Waals surface area contributed by atoms with Crippen LogP contribution < -0.4 is 5.32 Å². The molecule has 0 heterocycles. The van der Waals surface area contributed by atoms with Crippen molar-refractivity contribution < 1.29 is 9.90 Å². The quantitative estimate of drug-likeness (QED) is 0.655. The first-order valence-electron chi connectivity index (χ1n) is 5.68. The standard InChI is InChI=1S/C11H24N2O2/c1-5-6-13(7-8-14)10(4)11(15)12-9(2)3/h9-10,14H,5-8H2,1-4H3,(H,12,15). The van der Waals surface area contributed by atoms with Crippen molar-refractivity contribution in [3.63, 3.8) is 0 Å². The van der Waals surface area contributed by atoms with Crippen molar-refractivity contribution in [2.24, 2.45) is 0 Å². The first kappa shape index (κ1) is 14.4. The number of rotatable bonds is 7. The molecule has 0 saturated heterocycles. The van der Waals surface area contributed by atoms with Crippen LogP contribution in [0.1, 0.15) is 34.1 Å². The predicted molar refractivity (Wildman–Crippen MR) is 61.7 cm³/mol. The van der Waals surface area contributed by atoms with E-state index in [9.17, 15) is 4.79 Å². The molecule has 1 amide bonds. The normalized spacial score (nSPS) is 13.3. The van der Waals surface area contributed by atoms with Gasteiger partial charge in [-0.15, -0.1) is 0 Å². The zero-order valence-electron chi connectivity index (χ0n) is 10.3. The number of carbonyl (C=O) groups excluding carboxylic acids is 1. The molecule has 1 atom stereocenters. The summed E-state index contributed by atoms with van der Waals surface area (Å²) in [6.07, 6.45) is 0.985. The van der Waals surface area contributed by atoms with Crippen molar-refractivity contribution in [3.05, 3.63) is 0 Å². The van der Waals surface area contributed by atoms with Gasteiger partial charge in [0, 0.05) is 12.6 Å². The lowest BCUT2D eigenvalue weighted by Gasteiger charge is -2.27. The third-order valence-electron chi connectivity index (χ3n) is 2.26. The summed E-state index contributed by atoms with van der Waals surface area (Å²) in [6, 6.07) is -0.00273. The van der Waals surface area contributed by atoms with E-state index in [0.29, 0.717) is 6.54 Å². The molecule has 0 rings (SSSR count). The van der Waals surface area contributed by atoms with Crippen LogP contribution in [0.5, 0.6) is 0 Å². The van der Waals surface area contributed by atoms with E-state index in [1.807, 2.05) is 25.7 Å². The number of aliphatic hydroxyl groups excluding tert-OH is 1. The predicted octanol–water partition coefficient (Wildman–Crippen LogP) is 0.604. The van der Waals surface area contributed by atoms with Crippen LogP contribution in [-0.2, 0) is 4.79 Å². The minimum Gasteiger partial charge on any atom is -0.395 e. The SMILES string of the molecule is CCCN(CCO)C(C)C(=O)NC(C)C. The topological polar surface area (TPSA) is 52.6 Å². The molecule has 15 heavy (non-hydrogen) atoms. The first-order valence-corrected chi connectivity index (χ1v) is 5.68.